The monoisotopic (exact) mass is 415 g/mol. The normalized spacial score (nSPS) is 11.4. The minimum absolute atomic E-state index is 0.298. The van der Waals surface area contributed by atoms with Crippen molar-refractivity contribution < 1.29 is 9.53 Å². The van der Waals surface area contributed by atoms with Crippen LogP contribution in [-0.2, 0) is 0 Å². The molecule has 0 aliphatic heterocycles. The molecule has 4 aromatic rings. The van der Waals surface area contributed by atoms with Crippen molar-refractivity contribution in [1.29, 1.82) is 0 Å². The molecule has 7 nitrogen and oxygen atoms in total. The number of aryl methyl sites for hydroxylation is 2. The summed E-state index contributed by atoms with van der Waals surface area (Å²) in [5.74, 6) is 0.550. The van der Waals surface area contributed by atoms with E-state index >= 15 is 0 Å². The van der Waals surface area contributed by atoms with Crippen LogP contribution in [-0.4, -0.2) is 32.7 Å². The Morgan fingerprint density at radius 3 is 2.68 bits per heavy atom. The van der Waals surface area contributed by atoms with Gasteiger partial charge in [-0.25, -0.2) is 10.4 Å². The lowest BCUT2D eigenvalue weighted by Gasteiger charge is -2.10. The van der Waals surface area contributed by atoms with Crippen LogP contribution in [0.1, 0.15) is 40.1 Å². The van der Waals surface area contributed by atoms with E-state index in [9.17, 15) is 4.79 Å². The number of hydrazone groups is 1. The molecule has 0 spiro atoms. The van der Waals surface area contributed by atoms with Crippen LogP contribution >= 0.6 is 0 Å². The summed E-state index contributed by atoms with van der Waals surface area (Å²) in [5.41, 5.74) is 8.58. The smallest absolute Gasteiger partial charge is 0.290 e. The number of hydrogen-bond donors (Lipinski definition) is 1. The molecule has 1 N–H and O–H groups in total. The van der Waals surface area contributed by atoms with E-state index in [1.54, 1.807) is 10.6 Å². The quantitative estimate of drug-likeness (QED) is 0.379. The summed E-state index contributed by atoms with van der Waals surface area (Å²) >= 11 is 0. The van der Waals surface area contributed by atoms with Crippen molar-refractivity contribution in [3.63, 3.8) is 0 Å². The lowest BCUT2D eigenvalue weighted by Crippen LogP contribution is -2.20. The molecule has 0 bridgehead atoms. The van der Waals surface area contributed by atoms with Crippen LogP contribution in [0.2, 0.25) is 0 Å². The number of ether oxygens (including phenoxy) is 1. The fourth-order valence-corrected chi connectivity index (χ4v) is 3.77. The Morgan fingerprint density at radius 2 is 1.94 bits per heavy atom. The van der Waals surface area contributed by atoms with E-state index in [-0.39, 0.29) is 5.91 Å². The van der Waals surface area contributed by atoms with Gasteiger partial charge in [0, 0.05) is 28.8 Å². The lowest BCUT2D eigenvalue weighted by atomic mass is 10.2. The average Bonchev–Trinajstić information content (AvgIpc) is 3.24. The van der Waals surface area contributed by atoms with Crippen molar-refractivity contribution in [2.75, 3.05) is 6.61 Å². The predicted octanol–water partition coefficient (Wildman–Crippen LogP) is 4.21. The summed E-state index contributed by atoms with van der Waals surface area (Å²) < 4.78 is 9.44. The Balaban J connectivity index is 1.54. The summed E-state index contributed by atoms with van der Waals surface area (Å²) in [7, 11) is 0. The summed E-state index contributed by atoms with van der Waals surface area (Å²) in [5, 5.41) is 4.19. The van der Waals surface area contributed by atoms with Gasteiger partial charge in [-0.15, -0.1) is 0 Å². The van der Waals surface area contributed by atoms with E-state index in [1.165, 1.54) is 0 Å². The van der Waals surface area contributed by atoms with Crippen LogP contribution in [0, 0.1) is 20.8 Å². The molecule has 0 radical (unpaired) electrons. The Morgan fingerprint density at radius 1 is 1.16 bits per heavy atom. The number of amides is 1. The molecular weight excluding hydrogens is 390 g/mol. The predicted molar refractivity (Wildman–Crippen MR) is 121 cm³/mol. The number of aromatic nitrogens is 3. The van der Waals surface area contributed by atoms with Crippen molar-refractivity contribution >= 4 is 17.8 Å². The number of hydrogen-bond acceptors (Lipinski definition) is 4. The van der Waals surface area contributed by atoms with E-state index in [2.05, 4.69) is 20.1 Å². The maximum Gasteiger partial charge on any atom is 0.290 e. The highest BCUT2D eigenvalue weighted by atomic mass is 16.5. The second kappa shape index (κ2) is 8.47. The first-order chi connectivity index (χ1) is 15.0. The molecule has 0 saturated carbocycles. The summed E-state index contributed by atoms with van der Waals surface area (Å²) in [6, 6.07) is 15.6. The third-order valence-corrected chi connectivity index (χ3v) is 5.17. The van der Waals surface area contributed by atoms with Gasteiger partial charge in [0.1, 0.15) is 17.1 Å². The Bertz CT molecular complexity index is 1270. The van der Waals surface area contributed by atoms with Crippen molar-refractivity contribution in [2.24, 2.45) is 5.10 Å². The molecule has 0 fully saturated rings. The molecule has 1 aromatic carbocycles. The van der Waals surface area contributed by atoms with E-state index < -0.39 is 0 Å². The molecule has 0 saturated heterocycles. The molecule has 7 heteroatoms. The van der Waals surface area contributed by atoms with Crippen molar-refractivity contribution in [1.82, 2.24) is 19.4 Å². The topological polar surface area (TPSA) is 72.9 Å². The molecule has 1 amide bonds. The Kier molecular flexibility index (Phi) is 5.58. The van der Waals surface area contributed by atoms with Gasteiger partial charge in [-0.05, 0) is 70.2 Å². The molecular formula is C24H25N5O2. The zero-order valence-electron chi connectivity index (χ0n) is 18.1. The number of fused-ring (bicyclic) bond motifs is 1. The maximum absolute atomic E-state index is 12.7. The number of carbonyl (C=O) groups excluding carboxylic acids is 1. The maximum atomic E-state index is 12.7. The molecule has 3 heterocycles. The van der Waals surface area contributed by atoms with Crippen LogP contribution in [0.4, 0.5) is 0 Å². The van der Waals surface area contributed by atoms with E-state index in [0.717, 1.165) is 34.0 Å². The summed E-state index contributed by atoms with van der Waals surface area (Å²) in [6.45, 7) is 8.50. The van der Waals surface area contributed by atoms with Crippen LogP contribution in [0.25, 0.3) is 11.3 Å². The third kappa shape index (κ3) is 3.94. The number of pyridine rings is 1. The second-order valence-corrected chi connectivity index (χ2v) is 7.26. The standard InChI is InChI=1S/C24H25N5O2/c1-5-31-21-11-9-20(10-12-21)29-16(2)14-19(18(29)4)15-25-27-24(30)23-17(3)26-22-8-6-7-13-28(22)23/h6-15H,5H2,1-4H3,(H,27,30). The molecule has 31 heavy (non-hydrogen) atoms. The Labute approximate surface area is 181 Å². The number of imidazole rings is 1. The van der Waals surface area contributed by atoms with Gasteiger partial charge in [-0.1, -0.05) is 6.07 Å². The molecule has 0 aliphatic rings. The second-order valence-electron chi connectivity index (χ2n) is 7.26. The summed E-state index contributed by atoms with van der Waals surface area (Å²) in [4.78, 5) is 17.1. The molecule has 3 aromatic heterocycles. The minimum atomic E-state index is -0.298. The first-order valence-electron chi connectivity index (χ1n) is 10.2. The van der Waals surface area contributed by atoms with Gasteiger partial charge >= 0.3 is 0 Å². The van der Waals surface area contributed by atoms with E-state index in [1.807, 2.05) is 82.4 Å². The number of nitrogens with zero attached hydrogens (tertiary/aromatic N) is 4. The van der Waals surface area contributed by atoms with Gasteiger partial charge in [0.15, 0.2) is 0 Å². The van der Waals surface area contributed by atoms with Crippen molar-refractivity contribution in [3.05, 3.63) is 83.1 Å². The third-order valence-electron chi connectivity index (χ3n) is 5.17. The fraction of sp³-hybridized carbons (Fsp3) is 0.208. The number of nitrogens with one attached hydrogen (secondary N) is 1. The first kappa shape index (κ1) is 20.4. The SMILES string of the molecule is CCOc1ccc(-n2c(C)cc(C=NNC(=O)c3c(C)nc4ccccn34)c2C)cc1. The lowest BCUT2D eigenvalue weighted by molar-refractivity contribution is 0.0948. The molecule has 0 unspecified atom stereocenters. The minimum Gasteiger partial charge on any atom is -0.494 e. The highest BCUT2D eigenvalue weighted by Gasteiger charge is 2.16. The largest absolute Gasteiger partial charge is 0.494 e. The van der Waals surface area contributed by atoms with Gasteiger partial charge in [0.25, 0.3) is 5.91 Å². The van der Waals surface area contributed by atoms with Gasteiger partial charge in [0.05, 0.1) is 18.5 Å². The fourth-order valence-electron chi connectivity index (χ4n) is 3.77. The van der Waals surface area contributed by atoms with Crippen LogP contribution in [0.5, 0.6) is 5.75 Å². The van der Waals surface area contributed by atoms with E-state index in [0.29, 0.717) is 18.0 Å². The highest BCUT2D eigenvalue weighted by Crippen LogP contribution is 2.22. The number of rotatable bonds is 6. The number of carbonyl (C=O) groups is 1. The van der Waals surface area contributed by atoms with Crippen LogP contribution in [0.3, 0.4) is 0 Å². The molecule has 158 valence electrons. The van der Waals surface area contributed by atoms with Gasteiger partial charge in [-0.3, -0.25) is 9.20 Å². The Hall–Kier alpha value is -3.87. The van der Waals surface area contributed by atoms with E-state index in [4.69, 9.17) is 4.74 Å². The average molecular weight is 415 g/mol. The first-order valence-corrected chi connectivity index (χ1v) is 10.2. The van der Waals surface area contributed by atoms with Crippen molar-refractivity contribution in [2.45, 2.75) is 27.7 Å². The van der Waals surface area contributed by atoms with Crippen LogP contribution < -0.4 is 10.2 Å². The molecule has 0 aliphatic carbocycles. The van der Waals surface area contributed by atoms with Gasteiger partial charge < -0.3 is 9.30 Å². The summed E-state index contributed by atoms with van der Waals surface area (Å²) in [6.07, 6.45) is 3.49. The van der Waals surface area contributed by atoms with Gasteiger partial charge in [0.2, 0.25) is 0 Å². The van der Waals surface area contributed by atoms with Crippen molar-refractivity contribution in [3.8, 4) is 11.4 Å². The molecule has 0 atom stereocenters. The zero-order chi connectivity index (χ0) is 22.0. The van der Waals surface area contributed by atoms with Crippen LogP contribution in [0.15, 0.2) is 59.8 Å². The molecule has 4 rings (SSSR count). The number of benzene rings is 1. The zero-order valence-corrected chi connectivity index (χ0v) is 18.1. The highest BCUT2D eigenvalue weighted by molar-refractivity contribution is 5.95. The van der Waals surface area contributed by atoms with Gasteiger partial charge in [-0.2, -0.15) is 5.10 Å².